The Kier molecular flexibility index (Phi) is 4.06. The van der Waals surface area contributed by atoms with Gasteiger partial charge in [-0.05, 0) is 35.9 Å². The Balaban J connectivity index is 1.31. The Hall–Kier alpha value is -4.50. The van der Waals surface area contributed by atoms with Gasteiger partial charge in [0.05, 0.1) is 41.8 Å². The Morgan fingerprint density at radius 1 is 1.00 bits per heavy atom. The SMILES string of the molecule is NC1CN(c2cncc(-c3ccc4[nH]nc(-c5cc6c(-c7ccoc7)cccc6[nH]5)c4n3)n2)C1. The normalized spacial score (nSPS) is 14.2. The number of aromatic nitrogens is 6. The molecule has 1 aromatic carbocycles. The molecule has 1 fully saturated rings. The maximum atomic E-state index is 5.92. The summed E-state index contributed by atoms with van der Waals surface area (Å²) in [6, 6.07) is 14.3. The number of hydrogen-bond acceptors (Lipinski definition) is 7. The first-order valence-electron chi connectivity index (χ1n) is 11.1. The largest absolute Gasteiger partial charge is 0.472 e. The minimum atomic E-state index is 0.193. The molecule has 5 aromatic heterocycles. The fourth-order valence-electron chi connectivity index (χ4n) is 4.51. The van der Waals surface area contributed by atoms with Crippen LogP contribution in [-0.4, -0.2) is 49.3 Å². The Morgan fingerprint density at radius 3 is 2.79 bits per heavy atom. The summed E-state index contributed by atoms with van der Waals surface area (Å²) in [7, 11) is 0. The molecule has 0 amide bonds. The summed E-state index contributed by atoms with van der Waals surface area (Å²) in [5.41, 5.74) is 13.8. The second kappa shape index (κ2) is 7.26. The molecule has 1 aliphatic rings. The summed E-state index contributed by atoms with van der Waals surface area (Å²) >= 11 is 0. The number of hydrogen-bond donors (Lipinski definition) is 3. The lowest BCUT2D eigenvalue weighted by molar-refractivity contribution is 0.514. The third-order valence-electron chi connectivity index (χ3n) is 6.28. The fraction of sp³-hybridized carbons (Fsp3) is 0.120. The number of nitrogens with two attached hydrogens (primary N) is 1. The van der Waals surface area contributed by atoms with Crippen molar-refractivity contribution in [3.05, 3.63) is 67.4 Å². The highest BCUT2D eigenvalue weighted by atomic mass is 16.3. The van der Waals surface area contributed by atoms with E-state index in [4.69, 9.17) is 20.1 Å². The van der Waals surface area contributed by atoms with Gasteiger partial charge in [-0.2, -0.15) is 5.10 Å². The smallest absolute Gasteiger partial charge is 0.147 e. The summed E-state index contributed by atoms with van der Waals surface area (Å²) in [6.45, 7) is 1.58. The zero-order valence-corrected chi connectivity index (χ0v) is 18.1. The van der Waals surface area contributed by atoms with Crippen molar-refractivity contribution in [2.24, 2.45) is 5.73 Å². The van der Waals surface area contributed by atoms with Crippen LogP contribution in [0.2, 0.25) is 0 Å². The van der Waals surface area contributed by atoms with Crippen molar-refractivity contribution in [1.82, 2.24) is 30.1 Å². The molecule has 34 heavy (non-hydrogen) atoms. The van der Waals surface area contributed by atoms with Crippen molar-refractivity contribution >= 4 is 27.8 Å². The van der Waals surface area contributed by atoms with Gasteiger partial charge in [0, 0.05) is 35.6 Å². The highest BCUT2D eigenvalue weighted by Crippen LogP contribution is 2.34. The van der Waals surface area contributed by atoms with Crippen molar-refractivity contribution in [3.8, 4) is 33.9 Å². The molecule has 0 spiro atoms. The summed E-state index contributed by atoms with van der Waals surface area (Å²) in [4.78, 5) is 19.7. The zero-order valence-electron chi connectivity index (χ0n) is 18.1. The van der Waals surface area contributed by atoms with Crippen LogP contribution in [0.5, 0.6) is 0 Å². The van der Waals surface area contributed by atoms with E-state index in [0.29, 0.717) is 5.69 Å². The van der Waals surface area contributed by atoms with Crippen LogP contribution >= 0.6 is 0 Å². The molecule has 1 saturated heterocycles. The number of nitrogens with one attached hydrogen (secondary N) is 2. The lowest BCUT2D eigenvalue weighted by Gasteiger charge is -2.37. The number of fused-ring (bicyclic) bond motifs is 2. The molecule has 1 aliphatic heterocycles. The fourth-order valence-corrected chi connectivity index (χ4v) is 4.51. The molecule has 4 N–H and O–H groups in total. The van der Waals surface area contributed by atoms with Crippen LogP contribution in [0.1, 0.15) is 0 Å². The van der Waals surface area contributed by atoms with Gasteiger partial charge >= 0.3 is 0 Å². The van der Waals surface area contributed by atoms with Gasteiger partial charge < -0.3 is 20.0 Å². The molecule has 0 saturated carbocycles. The number of furan rings is 1. The molecule has 0 unspecified atom stereocenters. The van der Waals surface area contributed by atoms with Crippen molar-refractivity contribution in [2.75, 3.05) is 18.0 Å². The van der Waals surface area contributed by atoms with E-state index in [1.807, 2.05) is 24.3 Å². The van der Waals surface area contributed by atoms with E-state index >= 15 is 0 Å². The number of H-pyrrole nitrogens is 2. The standard InChI is InChI=1S/C25H20N8O/c26-15-11-33(12-15)23-10-27-9-22(29-23)19-4-5-20-24(30-19)25(32-31-20)21-8-17-16(14-6-7-34-13-14)2-1-3-18(17)28-21/h1-10,13,15,28H,11-12,26H2,(H,31,32). The van der Waals surface area contributed by atoms with Crippen molar-refractivity contribution in [1.29, 1.82) is 0 Å². The summed E-state index contributed by atoms with van der Waals surface area (Å²) in [5.74, 6) is 0.816. The first-order chi connectivity index (χ1) is 16.7. The van der Waals surface area contributed by atoms with E-state index in [9.17, 15) is 0 Å². The van der Waals surface area contributed by atoms with E-state index < -0.39 is 0 Å². The third-order valence-corrected chi connectivity index (χ3v) is 6.28. The van der Waals surface area contributed by atoms with Crippen LogP contribution in [0.25, 0.3) is 55.8 Å². The number of pyridine rings is 1. The minimum absolute atomic E-state index is 0.193. The maximum Gasteiger partial charge on any atom is 0.147 e. The van der Waals surface area contributed by atoms with Gasteiger partial charge in [-0.3, -0.25) is 10.1 Å². The van der Waals surface area contributed by atoms with Crippen molar-refractivity contribution in [2.45, 2.75) is 6.04 Å². The predicted octanol–water partition coefficient (Wildman–Crippen LogP) is 3.97. The number of anilines is 1. The average Bonchev–Trinajstić information content (AvgIpc) is 3.60. The van der Waals surface area contributed by atoms with Gasteiger partial charge in [-0.15, -0.1) is 0 Å². The molecule has 0 aliphatic carbocycles. The maximum absolute atomic E-state index is 5.92. The molecule has 0 atom stereocenters. The topological polar surface area (TPSA) is 126 Å². The highest BCUT2D eigenvalue weighted by Gasteiger charge is 2.25. The monoisotopic (exact) mass is 448 g/mol. The lowest BCUT2D eigenvalue weighted by atomic mass is 10.0. The molecule has 9 heteroatoms. The van der Waals surface area contributed by atoms with Gasteiger partial charge in [0.15, 0.2) is 0 Å². The molecule has 6 heterocycles. The quantitative estimate of drug-likeness (QED) is 0.372. The van der Waals surface area contributed by atoms with Crippen LogP contribution in [0.3, 0.4) is 0 Å². The van der Waals surface area contributed by atoms with Gasteiger partial charge in [0.2, 0.25) is 0 Å². The van der Waals surface area contributed by atoms with E-state index in [2.05, 4.69) is 43.3 Å². The molecular weight excluding hydrogens is 428 g/mol. The first kappa shape index (κ1) is 19.0. The molecule has 6 aromatic rings. The first-order valence-corrected chi connectivity index (χ1v) is 11.1. The summed E-state index contributed by atoms with van der Waals surface area (Å²) < 4.78 is 5.29. The Labute approximate surface area is 193 Å². The van der Waals surface area contributed by atoms with Gasteiger partial charge in [0.1, 0.15) is 22.7 Å². The van der Waals surface area contributed by atoms with Crippen molar-refractivity contribution in [3.63, 3.8) is 0 Å². The van der Waals surface area contributed by atoms with E-state index in [-0.39, 0.29) is 6.04 Å². The molecule has 0 radical (unpaired) electrons. The number of aromatic amines is 2. The lowest BCUT2D eigenvalue weighted by Crippen LogP contribution is -2.56. The van der Waals surface area contributed by atoms with Crippen LogP contribution in [-0.2, 0) is 0 Å². The van der Waals surface area contributed by atoms with Gasteiger partial charge in [0.25, 0.3) is 0 Å². The number of rotatable bonds is 4. The predicted molar refractivity (Wildman–Crippen MR) is 130 cm³/mol. The zero-order chi connectivity index (χ0) is 22.6. The third kappa shape index (κ3) is 2.98. The average molecular weight is 448 g/mol. The van der Waals surface area contributed by atoms with Gasteiger partial charge in [-0.1, -0.05) is 12.1 Å². The molecule has 9 nitrogen and oxygen atoms in total. The van der Waals surface area contributed by atoms with Crippen LogP contribution in [0.4, 0.5) is 5.82 Å². The molecule has 0 bridgehead atoms. The summed E-state index contributed by atoms with van der Waals surface area (Å²) in [5, 5.41) is 8.76. The number of benzene rings is 1. The van der Waals surface area contributed by atoms with E-state index in [1.165, 1.54) is 0 Å². The van der Waals surface area contributed by atoms with E-state index in [1.54, 1.807) is 24.9 Å². The van der Waals surface area contributed by atoms with Crippen molar-refractivity contribution < 1.29 is 4.42 Å². The van der Waals surface area contributed by atoms with Crippen LogP contribution < -0.4 is 10.6 Å². The second-order valence-corrected chi connectivity index (χ2v) is 8.55. The number of nitrogens with zero attached hydrogens (tertiary/aromatic N) is 5. The minimum Gasteiger partial charge on any atom is -0.472 e. The summed E-state index contributed by atoms with van der Waals surface area (Å²) in [6.07, 6.45) is 6.93. The molecular formula is C25H20N8O. The molecule has 166 valence electrons. The Morgan fingerprint density at radius 2 is 1.94 bits per heavy atom. The van der Waals surface area contributed by atoms with Crippen LogP contribution in [0.15, 0.2) is 71.8 Å². The Bertz CT molecular complexity index is 1640. The van der Waals surface area contributed by atoms with E-state index in [0.717, 1.165) is 69.1 Å². The van der Waals surface area contributed by atoms with Crippen LogP contribution in [0, 0.1) is 0 Å². The molecule has 7 rings (SSSR count). The highest BCUT2D eigenvalue weighted by molar-refractivity contribution is 6.00. The van der Waals surface area contributed by atoms with Gasteiger partial charge in [-0.25, -0.2) is 9.97 Å². The second-order valence-electron chi connectivity index (χ2n) is 8.55.